The molecule has 0 atom stereocenters. The number of piperazine rings is 1. The molecule has 1 saturated heterocycles. The summed E-state index contributed by atoms with van der Waals surface area (Å²) >= 11 is 0. The van der Waals surface area contributed by atoms with Gasteiger partial charge in [0.1, 0.15) is 5.82 Å². The lowest BCUT2D eigenvalue weighted by molar-refractivity contribution is -0.117. The predicted molar refractivity (Wildman–Crippen MR) is 99.6 cm³/mol. The third kappa shape index (κ3) is 6.11. The van der Waals surface area contributed by atoms with Gasteiger partial charge in [-0.3, -0.25) is 14.6 Å². The fourth-order valence-corrected chi connectivity index (χ4v) is 3.07. The second-order valence-electron chi connectivity index (χ2n) is 7.31. The van der Waals surface area contributed by atoms with Crippen LogP contribution in [-0.2, 0) is 17.8 Å². The molecule has 0 unspecified atom stereocenters. The maximum Gasteiger partial charge on any atom is 0.240 e. The van der Waals surface area contributed by atoms with Gasteiger partial charge in [-0.15, -0.1) is 0 Å². The molecule has 8 heteroatoms. The fourth-order valence-electron chi connectivity index (χ4n) is 3.07. The van der Waals surface area contributed by atoms with Crippen molar-refractivity contribution in [1.82, 2.24) is 19.9 Å². The van der Waals surface area contributed by atoms with E-state index >= 15 is 0 Å². The minimum Gasteiger partial charge on any atom is -0.338 e. The third-order valence-corrected chi connectivity index (χ3v) is 4.40. The summed E-state index contributed by atoms with van der Waals surface area (Å²) in [5.41, 5.74) is 0.479. The maximum absolute atomic E-state index is 13.2. The lowest BCUT2D eigenvalue weighted by atomic mass is 10.1. The van der Waals surface area contributed by atoms with Crippen molar-refractivity contribution in [3.8, 4) is 0 Å². The van der Waals surface area contributed by atoms with Crippen LogP contribution in [-0.4, -0.2) is 58.6 Å². The number of rotatable bonds is 7. The van der Waals surface area contributed by atoms with Crippen molar-refractivity contribution < 1.29 is 13.7 Å². The lowest BCUT2D eigenvalue weighted by Gasteiger charge is -2.33. The van der Waals surface area contributed by atoms with Gasteiger partial charge < -0.3 is 9.84 Å². The first-order valence-electron chi connectivity index (χ1n) is 9.29. The molecule has 1 fully saturated rings. The summed E-state index contributed by atoms with van der Waals surface area (Å²) in [5.74, 6) is 1.40. The number of amides is 1. The van der Waals surface area contributed by atoms with Crippen molar-refractivity contribution in [3.05, 3.63) is 41.8 Å². The first kappa shape index (κ1) is 19.4. The largest absolute Gasteiger partial charge is 0.338 e. The van der Waals surface area contributed by atoms with Crippen LogP contribution in [0.4, 0.5) is 10.1 Å². The maximum atomic E-state index is 13.2. The topological polar surface area (TPSA) is 74.5 Å². The van der Waals surface area contributed by atoms with Crippen LogP contribution in [0.5, 0.6) is 0 Å². The highest BCUT2D eigenvalue weighted by molar-refractivity contribution is 5.92. The van der Waals surface area contributed by atoms with E-state index in [-0.39, 0.29) is 11.7 Å². The minimum absolute atomic E-state index is 0.135. The first-order valence-corrected chi connectivity index (χ1v) is 9.29. The Kier molecular flexibility index (Phi) is 6.52. The smallest absolute Gasteiger partial charge is 0.240 e. The quantitative estimate of drug-likeness (QED) is 0.799. The molecule has 2 aromatic rings. The molecule has 0 spiro atoms. The van der Waals surface area contributed by atoms with Crippen molar-refractivity contribution in [3.63, 3.8) is 0 Å². The van der Waals surface area contributed by atoms with Crippen LogP contribution < -0.4 is 5.32 Å². The molecule has 7 nitrogen and oxygen atoms in total. The molecule has 1 aromatic carbocycles. The zero-order valence-corrected chi connectivity index (χ0v) is 15.8. The van der Waals surface area contributed by atoms with Gasteiger partial charge in [-0.1, -0.05) is 25.1 Å². The van der Waals surface area contributed by atoms with Crippen molar-refractivity contribution in [2.75, 3.05) is 38.0 Å². The van der Waals surface area contributed by atoms with Crippen LogP contribution in [0.3, 0.4) is 0 Å². The highest BCUT2D eigenvalue weighted by Crippen LogP contribution is 2.11. The van der Waals surface area contributed by atoms with Gasteiger partial charge >= 0.3 is 0 Å². The van der Waals surface area contributed by atoms with E-state index in [0.717, 1.165) is 38.4 Å². The van der Waals surface area contributed by atoms with E-state index in [4.69, 9.17) is 4.52 Å². The molecule has 0 bridgehead atoms. The number of hydrogen-bond donors (Lipinski definition) is 1. The summed E-state index contributed by atoms with van der Waals surface area (Å²) < 4.78 is 18.5. The van der Waals surface area contributed by atoms with Crippen LogP contribution >= 0.6 is 0 Å². The van der Waals surface area contributed by atoms with E-state index in [1.165, 1.54) is 12.1 Å². The van der Waals surface area contributed by atoms with Gasteiger partial charge in [-0.25, -0.2) is 4.39 Å². The van der Waals surface area contributed by atoms with Gasteiger partial charge in [0.05, 0.1) is 13.1 Å². The summed E-state index contributed by atoms with van der Waals surface area (Å²) in [6.07, 6.45) is 0.817. The summed E-state index contributed by atoms with van der Waals surface area (Å²) in [7, 11) is 0. The van der Waals surface area contributed by atoms with Crippen molar-refractivity contribution in [2.24, 2.45) is 5.92 Å². The highest BCUT2D eigenvalue weighted by atomic mass is 19.1. The average Bonchev–Trinajstić information content (AvgIpc) is 3.02. The third-order valence-electron chi connectivity index (χ3n) is 4.40. The Labute approximate surface area is 158 Å². The second-order valence-corrected chi connectivity index (χ2v) is 7.31. The molecular weight excluding hydrogens is 349 g/mol. The Morgan fingerprint density at radius 1 is 1.26 bits per heavy atom. The van der Waals surface area contributed by atoms with Crippen molar-refractivity contribution >= 4 is 11.6 Å². The molecule has 0 saturated carbocycles. The van der Waals surface area contributed by atoms with E-state index < -0.39 is 0 Å². The zero-order valence-electron chi connectivity index (χ0n) is 15.8. The zero-order chi connectivity index (χ0) is 19.2. The summed E-state index contributed by atoms with van der Waals surface area (Å²) in [6, 6.07) is 5.92. The number of carbonyl (C=O) groups excluding carboxylic acids is 1. The number of anilines is 1. The van der Waals surface area contributed by atoms with Crippen LogP contribution in [0.1, 0.15) is 25.6 Å². The predicted octanol–water partition coefficient (Wildman–Crippen LogP) is 2.16. The number of hydrogen-bond acceptors (Lipinski definition) is 6. The van der Waals surface area contributed by atoms with Gasteiger partial charge in [0.15, 0.2) is 5.82 Å². The highest BCUT2D eigenvalue weighted by Gasteiger charge is 2.21. The summed E-state index contributed by atoms with van der Waals surface area (Å²) in [5, 5.41) is 6.75. The summed E-state index contributed by atoms with van der Waals surface area (Å²) in [6.45, 7) is 8.40. The molecule has 1 aromatic heterocycles. The Morgan fingerprint density at radius 3 is 2.70 bits per heavy atom. The number of benzene rings is 1. The van der Waals surface area contributed by atoms with E-state index in [1.54, 1.807) is 12.1 Å². The lowest BCUT2D eigenvalue weighted by Crippen LogP contribution is -2.48. The van der Waals surface area contributed by atoms with Crippen LogP contribution in [0.15, 0.2) is 28.8 Å². The molecule has 3 rings (SSSR count). The molecule has 27 heavy (non-hydrogen) atoms. The minimum atomic E-state index is -0.362. The molecule has 146 valence electrons. The van der Waals surface area contributed by atoms with Crippen molar-refractivity contribution in [1.29, 1.82) is 0 Å². The van der Waals surface area contributed by atoms with E-state index in [1.807, 2.05) is 0 Å². The van der Waals surface area contributed by atoms with Crippen molar-refractivity contribution in [2.45, 2.75) is 26.8 Å². The molecule has 1 amide bonds. The first-order chi connectivity index (χ1) is 13.0. The monoisotopic (exact) mass is 375 g/mol. The Morgan fingerprint density at radius 2 is 2.00 bits per heavy atom. The number of halogens is 1. The van der Waals surface area contributed by atoms with E-state index in [9.17, 15) is 9.18 Å². The Hall–Kier alpha value is -2.32. The van der Waals surface area contributed by atoms with E-state index in [2.05, 4.69) is 39.1 Å². The number of carbonyl (C=O) groups is 1. The number of nitrogens with zero attached hydrogens (tertiary/aromatic N) is 4. The summed E-state index contributed by atoms with van der Waals surface area (Å²) in [4.78, 5) is 20.9. The Bertz CT molecular complexity index is 756. The van der Waals surface area contributed by atoms with Gasteiger partial charge in [-0.2, -0.15) is 4.98 Å². The van der Waals surface area contributed by atoms with Gasteiger partial charge in [0.25, 0.3) is 0 Å². The van der Waals surface area contributed by atoms with Crippen LogP contribution in [0, 0.1) is 11.7 Å². The average molecular weight is 375 g/mol. The van der Waals surface area contributed by atoms with Gasteiger partial charge in [-0.05, 0) is 24.1 Å². The number of aromatic nitrogens is 2. The second kappa shape index (κ2) is 9.05. The molecule has 1 N–H and O–H groups in total. The van der Waals surface area contributed by atoms with Crippen LogP contribution in [0.25, 0.3) is 0 Å². The van der Waals surface area contributed by atoms with E-state index in [0.29, 0.717) is 30.6 Å². The molecular formula is C19H26FN5O2. The fraction of sp³-hybridized carbons (Fsp3) is 0.526. The molecule has 0 aliphatic carbocycles. The molecule has 1 aliphatic heterocycles. The standard InChI is InChI=1S/C19H26FN5O2/c1-14(2)10-17-22-19(27-23-17)13-25-8-6-24(7-9-25)12-18(26)21-16-5-3-4-15(20)11-16/h3-5,11,14H,6-10,12-13H2,1-2H3,(H,21,26). The SMILES string of the molecule is CC(C)Cc1noc(CN2CCN(CC(=O)Nc3cccc(F)c3)CC2)n1. The number of nitrogens with one attached hydrogen (secondary N) is 1. The molecule has 2 heterocycles. The van der Waals surface area contributed by atoms with Crippen LogP contribution in [0.2, 0.25) is 0 Å². The Balaban J connectivity index is 1.41. The normalized spacial score (nSPS) is 16.0. The van der Waals surface area contributed by atoms with Gasteiger partial charge in [0, 0.05) is 38.3 Å². The van der Waals surface area contributed by atoms with Gasteiger partial charge in [0.2, 0.25) is 11.8 Å². The molecule has 1 aliphatic rings. The molecule has 0 radical (unpaired) electrons.